The summed E-state index contributed by atoms with van der Waals surface area (Å²) in [6.07, 6.45) is -3.06. The number of anilines is 2. The molecule has 21 heteroatoms. The van der Waals surface area contributed by atoms with E-state index >= 15 is 0 Å². The van der Waals surface area contributed by atoms with Gasteiger partial charge in [0, 0.05) is 17.8 Å². The summed E-state index contributed by atoms with van der Waals surface area (Å²) in [6.45, 7) is 5.92. The van der Waals surface area contributed by atoms with Gasteiger partial charge in [0.2, 0.25) is 5.91 Å². The molecule has 80 heavy (non-hydrogen) atoms. The third-order valence-electron chi connectivity index (χ3n) is 14.5. The van der Waals surface area contributed by atoms with Crippen LogP contribution in [0, 0.1) is 11.8 Å². The van der Waals surface area contributed by atoms with Crippen LogP contribution in [-0.4, -0.2) is 94.7 Å². The molecular weight excluding hydrogens is 1050 g/mol. The number of hydrogen-bond donors (Lipinski definition) is 5. The number of alkyl halides is 6. The maximum Gasteiger partial charge on any atom is 0.416 e. The lowest BCUT2D eigenvalue weighted by atomic mass is 9.82. The normalized spacial score (nSPS) is 22.2. The average molecular weight is 1130 g/mol. The topological polar surface area (TPSA) is 176 Å². The van der Waals surface area contributed by atoms with E-state index in [0.29, 0.717) is 17.9 Å². The molecule has 2 aliphatic heterocycles. The molecule has 0 spiro atoms. The molecule has 440 valence electrons. The van der Waals surface area contributed by atoms with Gasteiger partial charge in [-0.05, 0) is 90.0 Å². The summed E-state index contributed by atoms with van der Waals surface area (Å²) in [5.74, 6) is 0.121. The number of nitrogens with one attached hydrogen (secondary N) is 5. The van der Waals surface area contributed by atoms with Crippen LogP contribution in [0.5, 0.6) is 11.5 Å². The highest BCUT2D eigenvalue weighted by atomic mass is 19.4. The molecule has 2 saturated heterocycles. The number of carbonyl (C=O) groups is 3. The molecule has 15 nitrogen and oxygen atoms in total. The van der Waals surface area contributed by atoms with Gasteiger partial charge in [-0.15, -0.1) is 0 Å². The quantitative estimate of drug-likeness (QED) is 0.0272. The van der Waals surface area contributed by atoms with E-state index < -0.39 is 84.2 Å². The van der Waals surface area contributed by atoms with Crippen LogP contribution in [0.25, 0.3) is 0 Å². The summed E-state index contributed by atoms with van der Waals surface area (Å²) in [4.78, 5) is 42.1. The highest BCUT2D eigenvalue weighted by Crippen LogP contribution is 2.36. The van der Waals surface area contributed by atoms with Crippen molar-refractivity contribution in [2.45, 2.75) is 160 Å². The molecule has 4 aromatic carbocycles. The smallest absolute Gasteiger partial charge is 0.416 e. The zero-order valence-electron chi connectivity index (χ0n) is 46.1. The Kier molecular flexibility index (Phi) is 24.6. The number of urea groups is 2. The number of rotatable bonds is 28. The molecule has 0 aliphatic carbocycles. The van der Waals surface area contributed by atoms with E-state index in [1.54, 1.807) is 38.5 Å². The number of methoxy groups -OCH3 is 2. The first-order valence-corrected chi connectivity index (χ1v) is 27.5. The standard InChI is InChI=1S/C59H77F6N5O10/c1-6-7-8-9-10-11-12-13-14-15-22-51(71)69-53-50(37-77-34-41-25-29-47(75-5)30-26-41)78-35-48(68-56(72)66-44-20-16-18-42(31-44)58(60,61)62)54(53)80-55-52(70-57(73)67-45-21-17-19-43(32-45)59(63,64)65)39(3)38(2)49(79-55)36-76-33-40-23-27-46(74-4)28-24-40/h16-21,23-32,38-39,48-50,52-55H,6-15,22,33-37H2,1-5H3,(H,69,71)(H2,66,68,72)(H2,67,70,73)/t38-,39-,48?,49?,50?,52?,53-,54+,55-/m0/s1. The molecule has 0 bridgehead atoms. The fourth-order valence-electron chi connectivity index (χ4n) is 9.74. The number of unbranched alkanes of at least 4 members (excludes halogenated alkanes) is 9. The maximum atomic E-state index is 14.2. The van der Waals surface area contributed by atoms with E-state index in [1.165, 1.54) is 43.9 Å². The monoisotopic (exact) mass is 1130 g/mol. The van der Waals surface area contributed by atoms with Gasteiger partial charge in [0.05, 0.1) is 82.6 Å². The fraction of sp³-hybridized carbons (Fsp3) is 0.542. The van der Waals surface area contributed by atoms with Gasteiger partial charge in [0.25, 0.3) is 0 Å². The summed E-state index contributed by atoms with van der Waals surface area (Å²) in [7, 11) is 3.11. The molecule has 0 saturated carbocycles. The molecule has 2 heterocycles. The van der Waals surface area contributed by atoms with Crippen molar-refractivity contribution in [3.05, 3.63) is 119 Å². The lowest BCUT2D eigenvalue weighted by molar-refractivity contribution is -0.277. The van der Waals surface area contributed by atoms with E-state index in [1.807, 2.05) is 38.1 Å². The first-order chi connectivity index (χ1) is 38.3. The van der Waals surface area contributed by atoms with Crippen molar-refractivity contribution in [3.8, 4) is 11.5 Å². The van der Waals surface area contributed by atoms with Crippen molar-refractivity contribution in [1.29, 1.82) is 0 Å². The largest absolute Gasteiger partial charge is 0.497 e. The Hall–Kier alpha value is -6.13. The first-order valence-electron chi connectivity index (χ1n) is 27.5. The molecule has 5 amide bonds. The third-order valence-corrected chi connectivity index (χ3v) is 14.5. The van der Waals surface area contributed by atoms with Crippen LogP contribution in [-0.2, 0) is 54.0 Å². The molecule has 6 rings (SSSR count). The number of amides is 5. The van der Waals surface area contributed by atoms with Crippen LogP contribution in [0.4, 0.5) is 47.3 Å². The minimum atomic E-state index is -4.70. The van der Waals surface area contributed by atoms with E-state index in [0.717, 1.165) is 73.6 Å². The Bertz CT molecular complexity index is 2520. The van der Waals surface area contributed by atoms with Crippen molar-refractivity contribution in [2.24, 2.45) is 11.8 Å². The molecule has 2 aliphatic rings. The van der Waals surface area contributed by atoms with Crippen molar-refractivity contribution >= 4 is 29.3 Å². The number of benzene rings is 4. The zero-order chi connectivity index (χ0) is 57.7. The summed E-state index contributed by atoms with van der Waals surface area (Å²) < 4.78 is 126. The Morgan fingerprint density at radius 1 is 0.588 bits per heavy atom. The highest BCUT2D eigenvalue weighted by molar-refractivity contribution is 5.90. The van der Waals surface area contributed by atoms with Gasteiger partial charge in [0.15, 0.2) is 6.29 Å². The first kappa shape index (κ1) is 63.1. The number of carbonyl (C=O) groups excluding carboxylic acids is 3. The minimum Gasteiger partial charge on any atom is -0.497 e. The number of halogens is 6. The SMILES string of the molecule is CCCCCCCCCCCCC(=O)N[C@H]1C(COCc2ccc(OC)cc2)OCC(NC(=O)Nc2cccc(C(F)(F)F)c2)[C@H]1O[C@@H]1OC(COCc2ccc(OC)cc2)[C@@H](C)[C@H](C)C1NC(=O)Nc1cccc(C(F)(F)F)c1. The Morgan fingerprint density at radius 2 is 1.07 bits per heavy atom. The summed E-state index contributed by atoms with van der Waals surface area (Å²) in [5.41, 5.74) is -0.619. The predicted octanol–water partition coefficient (Wildman–Crippen LogP) is 12.4. The van der Waals surface area contributed by atoms with Crippen LogP contribution in [0.2, 0.25) is 0 Å². The van der Waals surface area contributed by atoms with Crippen LogP contribution >= 0.6 is 0 Å². The molecule has 9 atom stereocenters. The minimum absolute atomic E-state index is 0.0379. The predicted molar refractivity (Wildman–Crippen MR) is 290 cm³/mol. The van der Waals surface area contributed by atoms with Gasteiger partial charge < -0.3 is 59.7 Å². The van der Waals surface area contributed by atoms with Gasteiger partial charge in [-0.1, -0.05) is 115 Å². The Labute approximate surface area is 464 Å². The third kappa shape index (κ3) is 19.8. The van der Waals surface area contributed by atoms with E-state index in [9.17, 15) is 40.7 Å². The zero-order valence-corrected chi connectivity index (χ0v) is 46.1. The second kappa shape index (κ2) is 31.2. The lowest BCUT2D eigenvalue weighted by Gasteiger charge is -2.49. The molecule has 4 unspecified atom stereocenters. The number of ether oxygens (including phenoxy) is 7. The van der Waals surface area contributed by atoms with Crippen LogP contribution in [0.15, 0.2) is 97.1 Å². The summed E-state index contributed by atoms with van der Waals surface area (Å²) in [5, 5.41) is 13.8. The Morgan fingerprint density at radius 3 is 1.57 bits per heavy atom. The van der Waals surface area contributed by atoms with Gasteiger partial charge in [-0.3, -0.25) is 4.79 Å². The lowest BCUT2D eigenvalue weighted by Crippen LogP contribution is -2.69. The highest BCUT2D eigenvalue weighted by Gasteiger charge is 2.49. The van der Waals surface area contributed by atoms with Crippen LogP contribution in [0.1, 0.15) is 114 Å². The van der Waals surface area contributed by atoms with Crippen molar-refractivity contribution in [2.75, 3.05) is 44.7 Å². The maximum absolute atomic E-state index is 14.2. The van der Waals surface area contributed by atoms with E-state index in [4.69, 9.17) is 33.2 Å². The fourth-order valence-corrected chi connectivity index (χ4v) is 9.74. The van der Waals surface area contributed by atoms with Gasteiger partial charge in [-0.25, -0.2) is 9.59 Å². The van der Waals surface area contributed by atoms with Crippen LogP contribution < -0.4 is 36.1 Å². The van der Waals surface area contributed by atoms with Crippen LogP contribution in [0.3, 0.4) is 0 Å². The van der Waals surface area contributed by atoms with E-state index in [2.05, 4.69) is 33.5 Å². The van der Waals surface area contributed by atoms with Gasteiger partial charge in [-0.2, -0.15) is 26.3 Å². The summed E-state index contributed by atoms with van der Waals surface area (Å²) >= 11 is 0. The van der Waals surface area contributed by atoms with Crippen molar-refractivity contribution < 1.29 is 73.9 Å². The molecule has 4 aromatic rings. The molecular formula is C59H77F6N5O10. The molecule has 2 fully saturated rings. The second-order valence-electron chi connectivity index (χ2n) is 20.5. The van der Waals surface area contributed by atoms with Gasteiger partial charge in [0.1, 0.15) is 23.7 Å². The molecule has 0 radical (unpaired) electrons. The average Bonchev–Trinajstić information content (AvgIpc) is 3.44. The Balaban J connectivity index is 1.31. The molecule has 0 aromatic heterocycles. The van der Waals surface area contributed by atoms with Crippen molar-refractivity contribution in [3.63, 3.8) is 0 Å². The number of hydrogen-bond acceptors (Lipinski definition) is 10. The summed E-state index contributed by atoms with van der Waals surface area (Å²) in [6, 6.07) is 17.7. The van der Waals surface area contributed by atoms with E-state index in [-0.39, 0.29) is 62.7 Å². The second-order valence-corrected chi connectivity index (χ2v) is 20.5. The molecule has 5 N–H and O–H groups in total. The van der Waals surface area contributed by atoms with Crippen molar-refractivity contribution in [1.82, 2.24) is 16.0 Å². The van der Waals surface area contributed by atoms with Gasteiger partial charge >= 0.3 is 24.4 Å².